The molecule has 2 aromatic heterocycles. The summed E-state index contributed by atoms with van der Waals surface area (Å²) < 4.78 is 30.7. The number of imidazole rings is 1. The second kappa shape index (κ2) is 5.09. The lowest BCUT2D eigenvalue weighted by molar-refractivity contribution is 0.417. The molecule has 1 unspecified atom stereocenters. The van der Waals surface area contributed by atoms with Gasteiger partial charge in [-0.3, -0.25) is 0 Å². The van der Waals surface area contributed by atoms with Gasteiger partial charge in [0.25, 0.3) is 0 Å². The van der Waals surface area contributed by atoms with Crippen LogP contribution in [0.3, 0.4) is 0 Å². The predicted octanol–water partition coefficient (Wildman–Crippen LogP) is 1.71. The summed E-state index contributed by atoms with van der Waals surface area (Å²) in [5, 5.41) is 0. The Morgan fingerprint density at radius 1 is 1.50 bits per heavy atom. The van der Waals surface area contributed by atoms with Crippen LogP contribution in [0.15, 0.2) is 24.5 Å². The molecule has 20 heavy (non-hydrogen) atoms. The number of nitrogens with zero attached hydrogens (tertiary/aromatic N) is 2. The Hall–Kier alpha value is -1.56. The molecular weight excluding hydrogens is 276 g/mol. The topological polar surface area (TPSA) is 60.7 Å². The minimum Gasteiger partial charge on any atom is -0.494 e. The van der Waals surface area contributed by atoms with Crippen molar-refractivity contribution in [1.29, 1.82) is 0 Å². The highest BCUT2D eigenvalue weighted by molar-refractivity contribution is 7.91. The molecule has 3 heterocycles. The fourth-order valence-electron chi connectivity index (χ4n) is 2.91. The lowest BCUT2D eigenvalue weighted by Gasteiger charge is -2.21. The summed E-state index contributed by atoms with van der Waals surface area (Å²) in [6, 6.07) is 3.81. The first kappa shape index (κ1) is 13.4. The van der Waals surface area contributed by atoms with Crippen molar-refractivity contribution in [1.82, 2.24) is 9.38 Å². The van der Waals surface area contributed by atoms with Gasteiger partial charge in [-0.15, -0.1) is 0 Å². The van der Waals surface area contributed by atoms with Gasteiger partial charge in [-0.25, -0.2) is 13.4 Å². The number of hydrogen-bond acceptors (Lipinski definition) is 4. The molecule has 1 aliphatic heterocycles. The maximum Gasteiger partial charge on any atom is 0.150 e. The van der Waals surface area contributed by atoms with E-state index in [9.17, 15) is 8.42 Å². The number of methoxy groups -OCH3 is 1. The van der Waals surface area contributed by atoms with E-state index in [-0.39, 0.29) is 11.7 Å². The molecule has 5 nitrogen and oxygen atoms in total. The van der Waals surface area contributed by atoms with Crippen LogP contribution in [0.25, 0.3) is 5.52 Å². The van der Waals surface area contributed by atoms with Gasteiger partial charge in [0, 0.05) is 12.6 Å². The predicted molar refractivity (Wildman–Crippen MR) is 76.8 cm³/mol. The molecule has 0 aliphatic carbocycles. The van der Waals surface area contributed by atoms with Crippen molar-refractivity contribution in [2.24, 2.45) is 5.92 Å². The average molecular weight is 294 g/mol. The number of fused-ring (bicyclic) bond motifs is 1. The lowest BCUT2D eigenvalue weighted by atomic mass is 10.0. The smallest absolute Gasteiger partial charge is 0.150 e. The van der Waals surface area contributed by atoms with Gasteiger partial charge >= 0.3 is 0 Å². The Balaban J connectivity index is 1.88. The summed E-state index contributed by atoms with van der Waals surface area (Å²) in [7, 11) is -1.23. The third-order valence-electron chi connectivity index (χ3n) is 3.86. The monoisotopic (exact) mass is 294 g/mol. The Morgan fingerprint density at radius 3 is 3.10 bits per heavy atom. The van der Waals surface area contributed by atoms with Crippen molar-refractivity contribution in [3.05, 3.63) is 30.4 Å². The van der Waals surface area contributed by atoms with Gasteiger partial charge in [0.15, 0.2) is 9.84 Å². The molecule has 0 aromatic carbocycles. The first-order valence-corrected chi connectivity index (χ1v) is 8.60. The van der Waals surface area contributed by atoms with E-state index in [1.165, 1.54) is 0 Å². The molecule has 1 fully saturated rings. The van der Waals surface area contributed by atoms with Crippen LogP contribution < -0.4 is 4.74 Å². The van der Waals surface area contributed by atoms with Crippen LogP contribution in [-0.4, -0.2) is 36.4 Å². The Bertz CT molecular complexity index is 721. The third kappa shape index (κ3) is 2.52. The zero-order chi connectivity index (χ0) is 14.2. The largest absolute Gasteiger partial charge is 0.494 e. The summed E-state index contributed by atoms with van der Waals surface area (Å²) >= 11 is 0. The van der Waals surface area contributed by atoms with Crippen molar-refractivity contribution in [2.75, 3.05) is 18.6 Å². The van der Waals surface area contributed by atoms with E-state index in [2.05, 4.69) is 4.98 Å². The molecule has 0 saturated carbocycles. The number of rotatable bonds is 3. The maximum atomic E-state index is 11.7. The van der Waals surface area contributed by atoms with E-state index in [1.54, 1.807) is 13.3 Å². The van der Waals surface area contributed by atoms with Gasteiger partial charge in [0.05, 0.1) is 24.8 Å². The molecule has 108 valence electrons. The minimum absolute atomic E-state index is 0.172. The number of ether oxygens (including phenoxy) is 1. The van der Waals surface area contributed by atoms with Gasteiger partial charge in [-0.1, -0.05) is 0 Å². The molecule has 0 amide bonds. The highest BCUT2D eigenvalue weighted by atomic mass is 32.2. The molecule has 0 N–H and O–H groups in total. The fraction of sp³-hybridized carbons (Fsp3) is 0.500. The average Bonchev–Trinajstić information content (AvgIpc) is 2.81. The van der Waals surface area contributed by atoms with E-state index in [0.29, 0.717) is 12.2 Å². The number of aromatic nitrogens is 2. The minimum atomic E-state index is -2.86. The lowest BCUT2D eigenvalue weighted by Crippen LogP contribution is -2.27. The summed E-state index contributed by atoms with van der Waals surface area (Å²) in [4.78, 5) is 4.43. The van der Waals surface area contributed by atoms with Gasteiger partial charge < -0.3 is 9.14 Å². The number of sulfone groups is 1. The molecular formula is C14H18N2O3S. The Morgan fingerprint density at radius 2 is 2.35 bits per heavy atom. The molecule has 1 aliphatic rings. The van der Waals surface area contributed by atoms with E-state index in [4.69, 9.17) is 4.74 Å². The van der Waals surface area contributed by atoms with Gasteiger partial charge in [-0.2, -0.15) is 0 Å². The first-order chi connectivity index (χ1) is 9.59. The Labute approximate surface area is 118 Å². The normalized spacial score (nSPS) is 21.9. The van der Waals surface area contributed by atoms with Crippen LogP contribution in [0.4, 0.5) is 0 Å². The molecule has 0 bridgehead atoms. The fourth-order valence-corrected chi connectivity index (χ4v) is 4.69. The van der Waals surface area contributed by atoms with Crippen molar-refractivity contribution in [2.45, 2.75) is 19.3 Å². The standard InChI is InChI=1S/C14H18N2O3S/c1-19-13-5-2-6-16-12(13)9-15-14(16)8-11-4-3-7-20(17,18)10-11/h2,5-6,9,11H,3-4,7-8,10H2,1H3. The van der Waals surface area contributed by atoms with E-state index in [1.807, 2.05) is 22.7 Å². The molecule has 0 spiro atoms. The first-order valence-electron chi connectivity index (χ1n) is 6.78. The Kier molecular flexibility index (Phi) is 3.41. The summed E-state index contributed by atoms with van der Waals surface area (Å²) in [6.45, 7) is 0. The van der Waals surface area contributed by atoms with E-state index < -0.39 is 9.84 Å². The number of hydrogen-bond donors (Lipinski definition) is 0. The van der Waals surface area contributed by atoms with Gasteiger partial charge in [0.1, 0.15) is 17.1 Å². The second-order valence-corrected chi connectivity index (χ2v) is 7.56. The van der Waals surface area contributed by atoms with Crippen LogP contribution in [0, 0.1) is 5.92 Å². The molecule has 2 aromatic rings. The molecule has 1 atom stereocenters. The van der Waals surface area contributed by atoms with Gasteiger partial charge in [-0.05, 0) is 30.9 Å². The summed E-state index contributed by atoms with van der Waals surface area (Å²) in [5.74, 6) is 2.47. The van der Waals surface area contributed by atoms with Crippen molar-refractivity contribution >= 4 is 15.4 Å². The van der Waals surface area contributed by atoms with Crippen LogP contribution in [0.5, 0.6) is 5.75 Å². The van der Waals surface area contributed by atoms with E-state index in [0.717, 1.165) is 29.9 Å². The van der Waals surface area contributed by atoms with Crippen molar-refractivity contribution in [3.8, 4) is 5.75 Å². The van der Waals surface area contributed by atoms with E-state index >= 15 is 0 Å². The SMILES string of the molecule is COc1cccn2c(CC3CCCS(=O)(=O)C3)ncc12. The maximum absolute atomic E-state index is 11.7. The molecule has 3 rings (SSSR count). The summed E-state index contributed by atoms with van der Waals surface area (Å²) in [6.07, 6.45) is 6.14. The molecule has 6 heteroatoms. The third-order valence-corrected chi connectivity index (χ3v) is 5.75. The number of pyridine rings is 1. The highest BCUT2D eigenvalue weighted by Crippen LogP contribution is 2.25. The highest BCUT2D eigenvalue weighted by Gasteiger charge is 2.26. The zero-order valence-electron chi connectivity index (χ0n) is 11.4. The summed E-state index contributed by atoms with van der Waals surface area (Å²) in [5.41, 5.74) is 0.920. The van der Waals surface area contributed by atoms with Crippen molar-refractivity contribution in [3.63, 3.8) is 0 Å². The van der Waals surface area contributed by atoms with Crippen LogP contribution in [0.1, 0.15) is 18.7 Å². The molecule has 0 radical (unpaired) electrons. The van der Waals surface area contributed by atoms with Crippen LogP contribution in [-0.2, 0) is 16.3 Å². The van der Waals surface area contributed by atoms with Crippen molar-refractivity contribution < 1.29 is 13.2 Å². The zero-order valence-corrected chi connectivity index (χ0v) is 12.3. The quantitative estimate of drug-likeness (QED) is 0.864. The second-order valence-electron chi connectivity index (χ2n) is 5.33. The molecule has 1 saturated heterocycles. The van der Waals surface area contributed by atoms with Crippen LogP contribution >= 0.6 is 0 Å². The van der Waals surface area contributed by atoms with Crippen LogP contribution in [0.2, 0.25) is 0 Å². The van der Waals surface area contributed by atoms with Gasteiger partial charge in [0.2, 0.25) is 0 Å².